The van der Waals surface area contributed by atoms with Gasteiger partial charge >= 0.3 is 0 Å². The van der Waals surface area contributed by atoms with Crippen LogP contribution in [0.1, 0.15) is 37.4 Å². The molecule has 0 bridgehead atoms. The van der Waals surface area contributed by atoms with E-state index in [0.29, 0.717) is 5.82 Å². The summed E-state index contributed by atoms with van der Waals surface area (Å²) < 4.78 is 5.71. The number of H-pyrrole nitrogens is 1. The van der Waals surface area contributed by atoms with Crippen LogP contribution < -0.4 is 10.3 Å². The summed E-state index contributed by atoms with van der Waals surface area (Å²) in [5, 5.41) is 0. The molecule has 1 atom stereocenters. The van der Waals surface area contributed by atoms with Gasteiger partial charge in [-0.1, -0.05) is 12.1 Å². The van der Waals surface area contributed by atoms with Gasteiger partial charge in [-0.25, -0.2) is 4.98 Å². The molecule has 2 aromatic heterocycles. The summed E-state index contributed by atoms with van der Waals surface area (Å²) in [6.07, 6.45) is 4.59. The Labute approximate surface area is 170 Å². The minimum Gasteiger partial charge on any atom is -0.491 e. The molecule has 3 aromatic rings. The van der Waals surface area contributed by atoms with Gasteiger partial charge in [-0.05, 0) is 56.6 Å². The fourth-order valence-corrected chi connectivity index (χ4v) is 3.75. The normalized spacial score (nSPS) is 17.0. The fraction of sp³-hybridized carbons (Fsp3) is 0.348. The van der Waals surface area contributed by atoms with E-state index in [2.05, 4.69) is 27.0 Å². The maximum absolute atomic E-state index is 12.2. The Hall–Kier alpha value is -2.99. The van der Waals surface area contributed by atoms with E-state index in [1.165, 1.54) is 5.56 Å². The molecule has 29 heavy (non-hydrogen) atoms. The predicted octanol–water partition coefficient (Wildman–Crippen LogP) is 3.61. The molecule has 1 aromatic carbocycles. The van der Waals surface area contributed by atoms with Gasteiger partial charge in [0.1, 0.15) is 11.6 Å². The molecule has 1 saturated heterocycles. The largest absolute Gasteiger partial charge is 0.491 e. The number of rotatable bonds is 6. The Balaban J connectivity index is 1.43. The number of benzene rings is 1. The van der Waals surface area contributed by atoms with Gasteiger partial charge in [-0.3, -0.25) is 14.7 Å². The maximum atomic E-state index is 12.2. The van der Waals surface area contributed by atoms with Crippen LogP contribution in [0.4, 0.5) is 0 Å². The highest BCUT2D eigenvalue weighted by molar-refractivity contribution is 5.53. The van der Waals surface area contributed by atoms with Crippen LogP contribution in [0, 0.1) is 0 Å². The van der Waals surface area contributed by atoms with E-state index in [4.69, 9.17) is 9.72 Å². The quantitative estimate of drug-likeness (QED) is 0.696. The Morgan fingerprint density at radius 2 is 1.93 bits per heavy atom. The zero-order valence-electron chi connectivity index (χ0n) is 16.8. The summed E-state index contributed by atoms with van der Waals surface area (Å²) in [7, 11) is 0. The van der Waals surface area contributed by atoms with E-state index in [1.807, 2.05) is 38.1 Å². The highest BCUT2D eigenvalue weighted by Crippen LogP contribution is 2.27. The summed E-state index contributed by atoms with van der Waals surface area (Å²) in [4.78, 5) is 26.2. The van der Waals surface area contributed by atoms with Crippen molar-refractivity contribution in [3.05, 3.63) is 76.5 Å². The molecule has 1 fully saturated rings. The van der Waals surface area contributed by atoms with Crippen molar-refractivity contribution in [1.82, 2.24) is 19.9 Å². The molecule has 3 heterocycles. The lowest BCUT2D eigenvalue weighted by atomic mass is 10.0. The van der Waals surface area contributed by atoms with Crippen molar-refractivity contribution in [3.63, 3.8) is 0 Å². The van der Waals surface area contributed by atoms with Crippen LogP contribution in [-0.4, -0.2) is 39.0 Å². The Kier molecular flexibility index (Phi) is 5.71. The second-order valence-corrected chi connectivity index (χ2v) is 7.79. The predicted molar refractivity (Wildman–Crippen MR) is 113 cm³/mol. The standard InChI is InChI=1S/C23H26N4O2/c1-16(2)29-20-5-3-17(4-6-20)14-27-12-9-19(15-27)21-13-22(28)26-23(25-21)18-7-10-24-11-8-18/h3-8,10-11,13,16,19H,9,12,14-15H2,1-2H3,(H,25,26,28)/t19-/m1/s1. The molecule has 0 aliphatic carbocycles. The Morgan fingerprint density at radius 1 is 1.17 bits per heavy atom. The van der Waals surface area contributed by atoms with Crippen molar-refractivity contribution in [2.45, 2.75) is 38.8 Å². The molecule has 0 saturated carbocycles. The molecule has 150 valence electrons. The first-order valence-electron chi connectivity index (χ1n) is 10.1. The molecule has 1 aliphatic rings. The number of hydrogen-bond acceptors (Lipinski definition) is 5. The third kappa shape index (κ3) is 4.90. The number of aromatic amines is 1. The zero-order valence-corrected chi connectivity index (χ0v) is 16.8. The van der Waals surface area contributed by atoms with Crippen LogP contribution in [0.3, 0.4) is 0 Å². The minimum atomic E-state index is -0.110. The topological polar surface area (TPSA) is 71.1 Å². The van der Waals surface area contributed by atoms with E-state index in [0.717, 1.165) is 43.1 Å². The summed E-state index contributed by atoms with van der Waals surface area (Å²) >= 11 is 0. The van der Waals surface area contributed by atoms with Crippen LogP contribution in [0.15, 0.2) is 59.7 Å². The number of nitrogens with one attached hydrogen (secondary N) is 1. The van der Waals surface area contributed by atoms with Crippen molar-refractivity contribution in [2.75, 3.05) is 13.1 Å². The van der Waals surface area contributed by atoms with Gasteiger partial charge in [-0.15, -0.1) is 0 Å². The third-order valence-electron chi connectivity index (χ3n) is 5.11. The van der Waals surface area contributed by atoms with Crippen molar-refractivity contribution in [2.24, 2.45) is 0 Å². The van der Waals surface area contributed by atoms with Crippen molar-refractivity contribution in [1.29, 1.82) is 0 Å². The van der Waals surface area contributed by atoms with Gasteiger partial charge in [0.2, 0.25) is 0 Å². The molecule has 1 aliphatic heterocycles. The lowest BCUT2D eigenvalue weighted by Crippen LogP contribution is -2.20. The van der Waals surface area contributed by atoms with Crippen molar-refractivity contribution < 1.29 is 4.74 Å². The number of hydrogen-bond donors (Lipinski definition) is 1. The zero-order chi connectivity index (χ0) is 20.2. The van der Waals surface area contributed by atoms with Crippen LogP contribution in [0.25, 0.3) is 11.4 Å². The van der Waals surface area contributed by atoms with E-state index in [1.54, 1.807) is 18.5 Å². The first kappa shape index (κ1) is 19.3. The van der Waals surface area contributed by atoms with Crippen LogP contribution in [0.5, 0.6) is 5.75 Å². The van der Waals surface area contributed by atoms with E-state index >= 15 is 0 Å². The average Bonchev–Trinajstić information content (AvgIpc) is 3.18. The molecular formula is C23H26N4O2. The Bertz CT molecular complexity index is 999. The highest BCUT2D eigenvalue weighted by atomic mass is 16.5. The van der Waals surface area contributed by atoms with Gasteiger partial charge in [0.25, 0.3) is 5.56 Å². The van der Waals surface area contributed by atoms with E-state index in [9.17, 15) is 4.79 Å². The first-order chi connectivity index (χ1) is 14.1. The second kappa shape index (κ2) is 8.57. The number of nitrogens with zero attached hydrogens (tertiary/aromatic N) is 3. The smallest absolute Gasteiger partial charge is 0.251 e. The number of pyridine rings is 1. The monoisotopic (exact) mass is 390 g/mol. The molecular weight excluding hydrogens is 364 g/mol. The molecule has 0 amide bonds. The minimum absolute atomic E-state index is 0.110. The second-order valence-electron chi connectivity index (χ2n) is 7.79. The lowest BCUT2D eigenvalue weighted by Gasteiger charge is -2.17. The average molecular weight is 390 g/mol. The number of aromatic nitrogens is 3. The summed E-state index contributed by atoms with van der Waals surface area (Å²) in [6.45, 7) is 6.84. The molecule has 0 unspecified atom stereocenters. The molecule has 6 heteroatoms. The van der Waals surface area contributed by atoms with E-state index < -0.39 is 0 Å². The van der Waals surface area contributed by atoms with Crippen molar-refractivity contribution >= 4 is 0 Å². The Morgan fingerprint density at radius 3 is 2.66 bits per heavy atom. The van der Waals surface area contributed by atoms with Gasteiger partial charge in [0.15, 0.2) is 0 Å². The van der Waals surface area contributed by atoms with Crippen molar-refractivity contribution in [3.8, 4) is 17.1 Å². The van der Waals surface area contributed by atoms with Crippen LogP contribution >= 0.6 is 0 Å². The first-order valence-corrected chi connectivity index (χ1v) is 10.1. The lowest BCUT2D eigenvalue weighted by molar-refractivity contribution is 0.242. The SMILES string of the molecule is CC(C)Oc1ccc(CN2CC[C@@H](c3cc(=O)[nH]c(-c4ccncc4)n3)C2)cc1. The summed E-state index contributed by atoms with van der Waals surface area (Å²) in [5.74, 6) is 1.77. The van der Waals surface area contributed by atoms with Gasteiger partial charge in [-0.2, -0.15) is 0 Å². The molecule has 6 nitrogen and oxygen atoms in total. The molecule has 0 spiro atoms. The molecule has 4 rings (SSSR count). The maximum Gasteiger partial charge on any atom is 0.251 e. The highest BCUT2D eigenvalue weighted by Gasteiger charge is 2.25. The van der Waals surface area contributed by atoms with Crippen LogP contribution in [-0.2, 0) is 6.54 Å². The van der Waals surface area contributed by atoms with Crippen LogP contribution in [0.2, 0.25) is 0 Å². The third-order valence-corrected chi connectivity index (χ3v) is 5.11. The van der Waals surface area contributed by atoms with Gasteiger partial charge in [0.05, 0.1) is 11.8 Å². The van der Waals surface area contributed by atoms with E-state index in [-0.39, 0.29) is 17.6 Å². The number of likely N-dealkylation sites (tertiary alicyclic amines) is 1. The fourth-order valence-electron chi connectivity index (χ4n) is 3.75. The van der Waals surface area contributed by atoms with Gasteiger partial charge < -0.3 is 9.72 Å². The van der Waals surface area contributed by atoms with Gasteiger partial charge in [0, 0.05) is 43.0 Å². The molecule has 1 N–H and O–H groups in total. The number of ether oxygens (including phenoxy) is 1. The molecule has 0 radical (unpaired) electrons. The summed E-state index contributed by atoms with van der Waals surface area (Å²) in [5.41, 5.74) is 2.89. The summed E-state index contributed by atoms with van der Waals surface area (Å²) in [6, 6.07) is 13.7.